The van der Waals surface area contributed by atoms with Gasteiger partial charge in [0.1, 0.15) is 23.0 Å². The van der Waals surface area contributed by atoms with E-state index in [1.165, 1.54) is 36.5 Å². The van der Waals surface area contributed by atoms with E-state index in [0.29, 0.717) is 50.2 Å². The molecule has 1 saturated carbocycles. The number of ether oxygens (including phenoxy) is 1. The van der Waals surface area contributed by atoms with Crippen molar-refractivity contribution in [1.29, 1.82) is 0 Å². The average molecular weight is 732 g/mol. The summed E-state index contributed by atoms with van der Waals surface area (Å²) in [4.78, 5) is 52.1. The van der Waals surface area contributed by atoms with Crippen molar-refractivity contribution in [2.45, 2.75) is 32.4 Å². The molecule has 3 amide bonds. The maximum Gasteiger partial charge on any atom is 0.320 e. The van der Waals surface area contributed by atoms with Gasteiger partial charge in [0.25, 0.3) is 5.91 Å². The molecule has 0 radical (unpaired) electrons. The van der Waals surface area contributed by atoms with Crippen molar-refractivity contribution in [3.63, 3.8) is 0 Å². The highest BCUT2D eigenvalue weighted by Crippen LogP contribution is 2.34. The Hall–Kier alpha value is -5.95. The largest absolute Gasteiger partial charge is 0.383 e. The van der Waals surface area contributed by atoms with Gasteiger partial charge in [-0.1, -0.05) is 24.3 Å². The summed E-state index contributed by atoms with van der Waals surface area (Å²) in [5.41, 5.74) is 9.22. The molecule has 3 aromatic heterocycles. The Bertz CT molecular complexity index is 2270. The fourth-order valence-corrected chi connectivity index (χ4v) is 7.08. The van der Waals surface area contributed by atoms with Crippen molar-refractivity contribution in [3.05, 3.63) is 118 Å². The number of pyridine rings is 3. The van der Waals surface area contributed by atoms with Crippen LogP contribution in [0.25, 0.3) is 33.5 Å². The van der Waals surface area contributed by atoms with Gasteiger partial charge >= 0.3 is 6.03 Å². The van der Waals surface area contributed by atoms with E-state index in [9.17, 15) is 18.8 Å². The summed E-state index contributed by atoms with van der Waals surface area (Å²) in [7, 11) is 0. The first-order chi connectivity index (χ1) is 26.2. The van der Waals surface area contributed by atoms with Crippen molar-refractivity contribution >= 4 is 23.4 Å². The Morgan fingerprint density at radius 2 is 1.65 bits per heavy atom. The highest BCUT2D eigenvalue weighted by atomic mass is 19.1. The number of hydrogen-bond acceptors (Lipinski definition) is 7. The van der Waals surface area contributed by atoms with Crippen LogP contribution in [-0.4, -0.2) is 69.1 Å². The van der Waals surface area contributed by atoms with E-state index >= 15 is 4.39 Å². The van der Waals surface area contributed by atoms with Crippen molar-refractivity contribution in [2.24, 2.45) is 11.8 Å². The summed E-state index contributed by atoms with van der Waals surface area (Å²) >= 11 is 0. The maximum atomic E-state index is 15.8. The van der Waals surface area contributed by atoms with Crippen LogP contribution < -0.4 is 16.5 Å². The van der Waals surface area contributed by atoms with Crippen LogP contribution in [0, 0.1) is 23.5 Å². The zero-order chi connectivity index (χ0) is 37.3. The number of urea groups is 1. The number of halogens is 2. The molecular formula is C41H39F2N7O4. The number of benzene rings is 2. The van der Waals surface area contributed by atoms with Gasteiger partial charge in [0.15, 0.2) is 0 Å². The molecule has 3 fully saturated rings. The van der Waals surface area contributed by atoms with Crippen LogP contribution in [0.3, 0.4) is 0 Å². The van der Waals surface area contributed by atoms with Crippen LogP contribution in [0.5, 0.6) is 0 Å². The van der Waals surface area contributed by atoms with Crippen molar-refractivity contribution < 1.29 is 23.1 Å². The van der Waals surface area contributed by atoms with Gasteiger partial charge in [-0.3, -0.25) is 14.6 Å². The minimum absolute atomic E-state index is 0.0479. The second kappa shape index (κ2) is 14.8. The van der Waals surface area contributed by atoms with Crippen LogP contribution >= 0.6 is 0 Å². The SMILES string of the molecule is Nc1ncc(-c2ccc(CN3CCN(C[C@@H]4CCOC4)C3=O)cc2)cc1-c1ccc(NC(=O)c2cn(CC3CC3)cc(-c3ccc(F)cn3)c2=O)cc1F. The Kier molecular flexibility index (Phi) is 9.63. The summed E-state index contributed by atoms with van der Waals surface area (Å²) in [5.74, 6) is -0.916. The third kappa shape index (κ3) is 7.58. The molecule has 0 bridgehead atoms. The lowest BCUT2D eigenvalue weighted by molar-refractivity contribution is 0.102. The molecule has 8 rings (SSSR count). The molecule has 1 atom stereocenters. The number of nitrogen functional groups attached to an aromatic ring is 1. The highest BCUT2D eigenvalue weighted by Gasteiger charge is 2.31. The van der Waals surface area contributed by atoms with Gasteiger partial charge in [-0.15, -0.1) is 0 Å². The number of hydrogen-bond donors (Lipinski definition) is 2. The van der Waals surface area contributed by atoms with Gasteiger partial charge in [-0.2, -0.15) is 0 Å². The number of carbonyl (C=O) groups excluding carboxylic acids is 2. The van der Waals surface area contributed by atoms with E-state index in [1.807, 2.05) is 34.1 Å². The first-order valence-corrected chi connectivity index (χ1v) is 18.1. The molecule has 0 spiro atoms. The summed E-state index contributed by atoms with van der Waals surface area (Å²) in [5, 5.41) is 2.65. The van der Waals surface area contributed by atoms with Gasteiger partial charge in [0, 0.05) is 86.2 Å². The van der Waals surface area contributed by atoms with Crippen LogP contribution in [0.15, 0.2) is 90.2 Å². The van der Waals surface area contributed by atoms with Crippen LogP contribution in [-0.2, 0) is 17.8 Å². The second-order valence-electron chi connectivity index (χ2n) is 14.3. The number of aromatic nitrogens is 3. The predicted molar refractivity (Wildman–Crippen MR) is 200 cm³/mol. The normalized spacial score (nSPS) is 17.0. The number of rotatable bonds is 11. The Morgan fingerprint density at radius 1 is 0.833 bits per heavy atom. The lowest BCUT2D eigenvalue weighted by atomic mass is 9.99. The molecule has 1 aliphatic carbocycles. The number of nitrogens with zero attached hydrogens (tertiary/aromatic N) is 5. The minimum atomic E-state index is -0.710. The Morgan fingerprint density at radius 3 is 2.37 bits per heavy atom. The molecule has 13 heteroatoms. The number of anilines is 2. The number of amides is 3. The van der Waals surface area contributed by atoms with E-state index in [-0.39, 0.29) is 39.9 Å². The molecule has 276 valence electrons. The third-order valence-electron chi connectivity index (χ3n) is 10.3. The molecule has 11 nitrogen and oxygen atoms in total. The van der Waals surface area contributed by atoms with E-state index < -0.39 is 23.0 Å². The van der Waals surface area contributed by atoms with Crippen LogP contribution in [0.2, 0.25) is 0 Å². The Labute approximate surface area is 310 Å². The third-order valence-corrected chi connectivity index (χ3v) is 10.3. The summed E-state index contributed by atoms with van der Waals surface area (Å²) < 4.78 is 36.6. The van der Waals surface area contributed by atoms with Gasteiger partial charge in [-0.25, -0.2) is 18.6 Å². The van der Waals surface area contributed by atoms with Crippen molar-refractivity contribution in [1.82, 2.24) is 24.3 Å². The van der Waals surface area contributed by atoms with E-state index in [0.717, 1.165) is 55.3 Å². The summed E-state index contributed by atoms with van der Waals surface area (Å²) in [6, 6.07) is 16.4. The molecule has 0 unspecified atom stereocenters. The molecule has 5 aromatic rings. The molecule has 3 N–H and O–H groups in total. The lowest BCUT2D eigenvalue weighted by Crippen LogP contribution is -2.35. The highest BCUT2D eigenvalue weighted by molar-refractivity contribution is 6.04. The molecule has 2 aromatic carbocycles. The number of nitrogens with one attached hydrogen (secondary N) is 1. The van der Waals surface area contributed by atoms with Gasteiger partial charge < -0.3 is 30.2 Å². The summed E-state index contributed by atoms with van der Waals surface area (Å²) in [6.45, 7) is 4.71. The Balaban J connectivity index is 0.970. The van der Waals surface area contributed by atoms with E-state index in [4.69, 9.17) is 10.5 Å². The van der Waals surface area contributed by atoms with Crippen molar-refractivity contribution in [2.75, 3.05) is 43.9 Å². The minimum Gasteiger partial charge on any atom is -0.383 e. The zero-order valence-electron chi connectivity index (χ0n) is 29.5. The topological polar surface area (TPSA) is 136 Å². The molecule has 54 heavy (non-hydrogen) atoms. The van der Waals surface area contributed by atoms with Crippen LogP contribution in [0.4, 0.5) is 25.1 Å². The van der Waals surface area contributed by atoms with E-state index in [2.05, 4.69) is 15.3 Å². The predicted octanol–water partition coefficient (Wildman–Crippen LogP) is 6.44. The molecule has 2 saturated heterocycles. The average Bonchev–Trinajstić information content (AvgIpc) is 3.71. The quantitative estimate of drug-likeness (QED) is 0.160. The molecule has 5 heterocycles. The number of carbonyl (C=O) groups is 2. The second-order valence-corrected chi connectivity index (χ2v) is 14.3. The van der Waals surface area contributed by atoms with Crippen molar-refractivity contribution in [3.8, 4) is 33.5 Å². The van der Waals surface area contributed by atoms with Crippen LogP contribution in [0.1, 0.15) is 35.2 Å². The van der Waals surface area contributed by atoms with Gasteiger partial charge in [0.05, 0.1) is 24.1 Å². The maximum absolute atomic E-state index is 15.8. The summed E-state index contributed by atoms with van der Waals surface area (Å²) in [6.07, 6.45) is 8.86. The lowest BCUT2D eigenvalue weighted by Gasteiger charge is -2.21. The molecule has 2 aliphatic heterocycles. The van der Waals surface area contributed by atoms with Gasteiger partial charge in [-0.05, 0) is 72.7 Å². The van der Waals surface area contributed by atoms with Gasteiger partial charge in [0.2, 0.25) is 5.43 Å². The zero-order valence-corrected chi connectivity index (χ0v) is 29.5. The van der Waals surface area contributed by atoms with E-state index in [1.54, 1.807) is 23.0 Å². The monoisotopic (exact) mass is 731 g/mol. The first kappa shape index (κ1) is 35.1. The smallest absolute Gasteiger partial charge is 0.320 e. The fraction of sp³-hybridized carbons (Fsp3) is 0.293. The molecular weight excluding hydrogens is 692 g/mol. The number of nitrogens with two attached hydrogens (primary N) is 1. The molecule has 3 aliphatic rings. The fourth-order valence-electron chi connectivity index (χ4n) is 7.08. The first-order valence-electron chi connectivity index (χ1n) is 18.1. The standard InChI is InChI=1S/C41H39F2N7O4/c42-30-7-10-37(45-18-30)34-22-48(19-25-1-2-25)23-35(38(34)51)40(52)47-31-8-9-32(36(43)16-31)33-15-29(17-46-39(33)44)28-5-3-26(4-6-28)20-49-12-13-50(41(49)53)21-27-11-14-54-24-27/h3-10,15-18,22-23,25,27H,1-2,11-14,19-21,24H2,(H2,44,46)(H,47,52)/t27-/m0/s1.